The zero-order valence-electron chi connectivity index (χ0n) is 14.9. The number of anilines is 1. The van der Waals surface area contributed by atoms with E-state index in [1.165, 1.54) is 24.3 Å². The molecule has 0 radical (unpaired) electrons. The zero-order chi connectivity index (χ0) is 19.6. The molecule has 2 amide bonds. The van der Waals surface area contributed by atoms with Crippen LogP contribution < -0.4 is 15.4 Å². The van der Waals surface area contributed by atoms with E-state index in [4.69, 9.17) is 4.74 Å². The van der Waals surface area contributed by atoms with E-state index in [1.807, 2.05) is 6.92 Å². The van der Waals surface area contributed by atoms with E-state index in [0.29, 0.717) is 23.5 Å². The van der Waals surface area contributed by atoms with Crippen molar-refractivity contribution in [1.29, 1.82) is 0 Å². The number of carbonyl (C=O) groups excluding carboxylic acids is 2. The molecule has 0 aliphatic heterocycles. The highest BCUT2D eigenvalue weighted by Gasteiger charge is 2.09. The third-order valence-corrected chi connectivity index (χ3v) is 3.64. The fraction of sp³-hybridized carbons (Fsp3) is 0.263. The molecule has 8 nitrogen and oxygen atoms in total. The van der Waals surface area contributed by atoms with Crippen LogP contribution in [0.3, 0.4) is 0 Å². The minimum absolute atomic E-state index is 0.0548. The molecule has 8 heteroatoms. The van der Waals surface area contributed by atoms with E-state index in [0.717, 1.165) is 12.8 Å². The average molecular weight is 371 g/mol. The summed E-state index contributed by atoms with van der Waals surface area (Å²) in [6.07, 6.45) is 1.90. The summed E-state index contributed by atoms with van der Waals surface area (Å²) in [5, 5.41) is 16.1. The number of hydrogen-bond acceptors (Lipinski definition) is 5. The van der Waals surface area contributed by atoms with Gasteiger partial charge in [0.15, 0.2) is 6.61 Å². The van der Waals surface area contributed by atoms with Crippen LogP contribution in [0, 0.1) is 10.1 Å². The number of benzene rings is 2. The molecule has 2 aromatic carbocycles. The number of unbranched alkanes of at least 4 members (excludes halogenated alkanes) is 1. The maximum absolute atomic E-state index is 12.0. The van der Waals surface area contributed by atoms with Gasteiger partial charge in [-0.2, -0.15) is 0 Å². The summed E-state index contributed by atoms with van der Waals surface area (Å²) in [4.78, 5) is 34.1. The van der Waals surface area contributed by atoms with Crippen molar-refractivity contribution in [2.45, 2.75) is 19.8 Å². The summed E-state index contributed by atoms with van der Waals surface area (Å²) in [5.74, 6) is -0.252. The Hall–Kier alpha value is -3.42. The maximum Gasteiger partial charge on any atom is 0.269 e. The van der Waals surface area contributed by atoms with Crippen LogP contribution >= 0.6 is 0 Å². The Morgan fingerprint density at radius 3 is 2.56 bits per heavy atom. The highest BCUT2D eigenvalue weighted by Crippen LogP contribution is 2.17. The number of nitrogens with zero attached hydrogens (tertiary/aromatic N) is 1. The monoisotopic (exact) mass is 371 g/mol. The Balaban J connectivity index is 1.87. The van der Waals surface area contributed by atoms with Crippen molar-refractivity contribution in [2.75, 3.05) is 18.5 Å². The number of non-ortho nitro benzene ring substituents is 1. The first-order chi connectivity index (χ1) is 13.0. The van der Waals surface area contributed by atoms with Gasteiger partial charge in [-0.15, -0.1) is 0 Å². The molecule has 142 valence electrons. The molecule has 0 unspecified atom stereocenters. The van der Waals surface area contributed by atoms with Crippen LogP contribution in [0.4, 0.5) is 11.4 Å². The first kappa shape index (κ1) is 19.9. The first-order valence-corrected chi connectivity index (χ1v) is 8.55. The molecule has 0 saturated heterocycles. The van der Waals surface area contributed by atoms with Crippen molar-refractivity contribution in [3.63, 3.8) is 0 Å². The minimum Gasteiger partial charge on any atom is -0.484 e. The fourth-order valence-corrected chi connectivity index (χ4v) is 2.23. The second-order valence-electron chi connectivity index (χ2n) is 5.78. The van der Waals surface area contributed by atoms with Crippen molar-refractivity contribution in [3.8, 4) is 5.75 Å². The summed E-state index contributed by atoms with van der Waals surface area (Å²) >= 11 is 0. The molecule has 0 aliphatic rings. The van der Waals surface area contributed by atoms with Crippen molar-refractivity contribution < 1.29 is 19.2 Å². The van der Waals surface area contributed by atoms with Crippen LogP contribution in [-0.4, -0.2) is 29.9 Å². The molecule has 0 aromatic heterocycles. The lowest BCUT2D eigenvalue weighted by molar-refractivity contribution is -0.384. The first-order valence-electron chi connectivity index (χ1n) is 8.55. The lowest BCUT2D eigenvalue weighted by Gasteiger charge is -2.09. The number of hydrogen-bond donors (Lipinski definition) is 2. The predicted octanol–water partition coefficient (Wildman–Crippen LogP) is 3.14. The summed E-state index contributed by atoms with van der Waals surface area (Å²) in [6.45, 7) is 2.39. The number of carbonyl (C=O) groups is 2. The SMILES string of the molecule is CCCCNC(=O)c1cccc(NC(=O)COc2ccc([N+](=O)[O-])cc2)c1. The van der Waals surface area contributed by atoms with Gasteiger partial charge in [-0.1, -0.05) is 19.4 Å². The number of ether oxygens (including phenoxy) is 1. The van der Waals surface area contributed by atoms with Gasteiger partial charge in [0, 0.05) is 29.9 Å². The largest absolute Gasteiger partial charge is 0.484 e. The van der Waals surface area contributed by atoms with Crippen molar-refractivity contribution in [1.82, 2.24) is 5.32 Å². The highest BCUT2D eigenvalue weighted by atomic mass is 16.6. The van der Waals surface area contributed by atoms with Gasteiger partial charge >= 0.3 is 0 Å². The summed E-state index contributed by atoms with van der Waals surface area (Å²) < 4.78 is 5.30. The average Bonchev–Trinajstić information content (AvgIpc) is 2.67. The van der Waals surface area contributed by atoms with E-state index >= 15 is 0 Å². The quantitative estimate of drug-likeness (QED) is 0.400. The van der Waals surface area contributed by atoms with Gasteiger partial charge in [-0.3, -0.25) is 19.7 Å². The van der Waals surface area contributed by atoms with E-state index in [-0.39, 0.29) is 18.2 Å². The Bertz CT molecular complexity index is 805. The molecular formula is C19H21N3O5. The molecule has 0 spiro atoms. The third-order valence-electron chi connectivity index (χ3n) is 3.64. The van der Waals surface area contributed by atoms with Crippen molar-refractivity contribution in [2.24, 2.45) is 0 Å². The predicted molar refractivity (Wildman–Crippen MR) is 101 cm³/mol. The Labute approximate surface area is 156 Å². The zero-order valence-corrected chi connectivity index (χ0v) is 14.9. The maximum atomic E-state index is 12.0. The standard InChI is InChI=1S/C19H21N3O5/c1-2-3-11-20-19(24)14-5-4-6-15(12-14)21-18(23)13-27-17-9-7-16(8-10-17)22(25)26/h4-10,12H,2-3,11,13H2,1H3,(H,20,24)(H,21,23). The Kier molecular flexibility index (Phi) is 7.30. The van der Waals surface area contributed by atoms with E-state index < -0.39 is 10.8 Å². The fourth-order valence-electron chi connectivity index (χ4n) is 2.23. The highest BCUT2D eigenvalue weighted by molar-refractivity contribution is 5.97. The lowest BCUT2D eigenvalue weighted by atomic mass is 10.2. The second-order valence-corrected chi connectivity index (χ2v) is 5.78. The summed E-state index contributed by atoms with van der Waals surface area (Å²) in [6, 6.07) is 12.1. The molecule has 2 rings (SSSR count). The molecule has 2 N–H and O–H groups in total. The van der Waals surface area contributed by atoms with Crippen LogP contribution in [-0.2, 0) is 4.79 Å². The molecular weight excluding hydrogens is 350 g/mol. The van der Waals surface area contributed by atoms with Gasteiger partial charge in [0.25, 0.3) is 17.5 Å². The van der Waals surface area contributed by atoms with Crippen LogP contribution in [0.2, 0.25) is 0 Å². The van der Waals surface area contributed by atoms with Crippen molar-refractivity contribution >= 4 is 23.2 Å². The lowest BCUT2D eigenvalue weighted by Crippen LogP contribution is -2.25. The number of nitro benzene ring substituents is 1. The molecule has 0 fully saturated rings. The minimum atomic E-state index is -0.512. The van der Waals surface area contributed by atoms with Crippen LogP contribution in [0.15, 0.2) is 48.5 Å². The van der Waals surface area contributed by atoms with Gasteiger partial charge in [-0.05, 0) is 36.8 Å². The van der Waals surface area contributed by atoms with Gasteiger partial charge in [-0.25, -0.2) is 0 Å². The number of amides is 2. The van der Waals surface area contributed by atoms with E-state index in [1.54, 1.807) is 24.3 Å². The molecule has 0 bridgehead atoms. The normalized spacial score (nSPS) is 10.1. The Morgan fingerprint density at radius 2 is 1.89 bits per heavy atom. The smallest absolute Gasteiger partial charge is 0.269 e. The van der Waals surface area contributed by atoms with Crippen molar-refractivity contribution in [3.05, 3.63) is 64.2 Å². The number of nitrogens with one attached hydrogen (secondary N) is 2. The molecule has 0 saturated carbocycles. The molecule has 0 heterocycles. The van der Waals surface area contributed by atoms with Crippen LogP contribution in [0.1, 0.15) is 30.1 Å². The van der Waals surface area contributed by atoms with Gasteiger partial charge in [0.05, 0.1) is 4.92 Å². The Morgan fingerprint density at radius 1 is 1.15 bits per heavy atom. The van der Waals surface area contributed by atoms with Gasteiger partial charge < -0.3 is 15.4 Å². The summed E-state index contributed by atoms with van der Waals surface area (Å²) in [5.41, 5.74) is 0.886. The topological polar surface area (TPSA) is 111 Å². The molecule has 27 heavy (non-hydrogen) atoms. The van der Waals surface area contributed by atoms with E-state index in [9.17, 15) is 19.7 Å². The second kappa shape index (κ2) is 9.91. The molecule has 0 aliphatic carbocycles. The molecule has 2 aromatic rings. The van der Waals surface area contributed by atoms with Gasteiger partial charge in [0.2, 0.25) is 0 Å². The number of nitro groups is 1. The molecule has 0 atom stereocenters. The van der Waals surface area contributed by atoms with Gasteiger partial charge in [0.1, 0.15) is 5.75 Å². The van der Waals surface area contributed by atoms with Crippen LogP contribution in [0.25, 0.3) is 0 Å². The van der Waals surface area contributed by atoms with E-state index in [2.05, 4.69) is 10.6 Å². The third kappa shape index (κ3) is 6.43. The number of rotatable bonds is 9. The summed E-state index contributed by atoms with van der Waals surface area (Å²) in [7, 11) is 0. The van der Waals surface area contributed by atoms with Crippen LogP contribution in [0.5, 0.6) is 5.75 Å².